The molecular weight excluding hydrogens is 374 g/mol. The van der Waals surface area contributed by atoms with Crippen LogP contribution in [0.2, 0.25) is 0 Å². The monoisotopic (exact) mass is 400 g/mol. The van der Waals surface area contributed by atoms with Crippen molar-refractivity contribution in [2.24, 2.45) is 10.9 Å². The Kier molecular flexibility index (Phi) is 7.09. The number of Topliss-reactive ketones (excluding diaryl/α,β-unsaturated/α-hetero) is 1. The van der Waals surface area contributed by atoms with E-state index in [1.54, 1.807) is 31.2 Å². The van der Waals surface area contributed by atoms with Gasteiger partial charge in [0.1, 0.15) is 11.6 Å². The van der Waals surface area contributed by atoms with Gasteiger partial charge < -0.3 is 0 Å². The molecule has 0 radical (unpaired) electrons. The Morgan fingerprint density at radius 1 is 1.21 bits per heavy atom. The molecule has 1 aliphatic heterocycles. The number of hydroxylamine groups is 1. The van der Waals surface area contributed by atoms with E-state index in [0.717, 1.165) is 25.7 Å². The molecule has 2 atom stereocenters. The van der Waals surface area contributed by atoms with Gasteiger partial charge in [-0.15, -0.1) is 0 Å². The van der Waals surface area contributed by atoms with Crippen molar-refractivity contribution in [1.82, 2.24) is 5.48 Å². The summed E-state index contributed by atoms with van der Waals surface area (Å²) >= 11 is 0. The van der Waals surface area contributed by atoms with Crippen LogP contribution in [0.4, 0.5) is 8.78 Å². The van der Waals surface area contributed by atoms with Crippen molar-refractivity contribution in [2.75, 3.05) is 0 Å². The van der Waals surface area contributed by atoms with Crippen LogP contribution >= 0.6 is 0 Å². The van der Waals surface area contributed by atoms with Crippen LogP contribution in [-0.2, 0) is 4.84 Å². The molecule has 0 fully saturated rings. The zero-order chi connectivity index (χ0) is 20.8. The van der Waals surface area contributed by atoms with E-state index in [0.29, 0.717) is 28.9 Å². The van der Waals surface area contributed by atoms with Crippen LogP contribution in [0.1, 0.15) is 60.5 Å². The second-order valence-electron chi connectivity index (χ2n) is 7.36. The highest BCUT2D eigenvalue weighted by molar-refractivity contribution is 5.99. The zero-order valence-electron chi connectivity index (χ0n) is 16.8. The Bertz CT molecular complexity index is 898. The average Bonchev–Trinajstić information content (AvgIpc) is 3.18. The van der Waals surface area contributed by atoms with E-state index in [2.05, 4.69) is 17.4 Å². The van der Waals surface area contributed by atoms with Crippen molar-refractivity contribution < 1.29 is 18.4 Å². The Labute approximate surface area is 170 Å². The molecule has 0 saturated carbocycles. The summed E-state index contributed by atoms with van der Waals surface area (Å²) in [6.07, 6.45) is 3.38. The maximum absolute atomic E-state index is 13.9. The molecule has 2 aromatic rings. The van der Waals surface area contributed by atoms with Gasteiger partial charge in [-0.05, 0) is 62.1 Å². The lowest BCUT2D eigenvalue weighted by molar-refractivity contribution is -0.00302. The summed E-state index contributed by atoms with van der Waals surface area (Å²) in [7, 11) is 0. The lowest BCUT2D eigenvalue weighted by Gasteiger charge is -2.18. The Hall–Kier alpha value is -2.60. The van der Waals surface area contributed by atoms with E-state index in [-0.39, 0.29) is 29.6 Å². The van der Waals surface area contributed by atoms with Crippen LogP contribution in [0.15, 0.2) is 47.5 Å². The summed E-state index contributed by atoms with van der Waals surface area (Å²) in [6, 6.07) is 10.7. The fraction of sp³-hybridized carbons (Fsp3) is 0.391. The number of ketones is 1. The molecule has 29 heavy (non-hydrogen) atoms. The molecule has 0 saturated heterocycles. The minimum atomic E-state index is -0.371. The second kappa shape index (κ2) is 9.74. The summed E-state index contributed by atoms with van der Waals surface area (Å²) in [5.74, 6) is -0.0481. The summed E-state index contributed by atoms with van der Waals surface area (Å²) in [6.45, 7) is 3.82. The van der Waals surface area contributed by atoms with E-state index in [4.69, 9.17) is 4.84 Å². The summed E-state index contributed by atoms with van der Waals surface area (Å²) in [4.78, 5) is 22.5. The van der Waals surface area contributed by atoms with Crippen molar-refractivity contribution in [3.8, 4) is 0 Å². The molecule has 0 amide bonds. The number of benzene rings is 2. The van der Waals surface area contributed by atoms with Gasteiger partial charge in [0, 0.05) is 17.9 Å². The molecule has 154 valence electrons. The van der Waals surface area contributed by atoms with Gasteiger partial charge in [-0.25, -0.2) is 24.1 Å². The summed E-state index contributed by atoms with van der Waals surface area (Å²) in [5, 5.41) is 0. The topological polar surface area (TPSA) is 50.7 Å². The van der Waals surface area contributed by atoms with E-state index in [1.165, 1.54) is 18.2 Å². The average molecular weight is 400 g/mol. The Morgan fingerprint density at radius 3 is 2.72 bits per heavy atom. The highest BCUT2D eigenvalue weighted by atomic mass is 19.1. The first kappa shape index (κ1) is 21.1. The van der Waals surface area contributed by atoms with Gasteiger partial charge in [0.2, 0.25) is 0 Å². The lowest BCUT2D eigenvalue weighted by Crippen LogP contribution is -2.23. The number of aryl methyl sites for hydroxylation is 1. The van der Waals surface area contributed by atoms with Crippen molar-refractivity contribution in [3.05, 3.63) is 70.8 Å². The van der Waals surface area contributed by atoms with Crippen LogP contribution in [-0.4, -0.2) is 17.8 Å². The molecule has 6 heteroatoms. The van der Waals surface area contributed by atoms with Crippen LogP contribution < -0.4 is 5.48 Å². The number of carbonyl (C=O) groups excluding carboxylic acids is 1. The third kappa shape index (κ3) is 5.26. The standard InChI is InChI=1S/C23H26F2N2O2/c1-3-16(23-26-22(27-29-23)19-9-5-6-10-20(19)25)8-4-7-11-21(28)18-13-12-17(24)14-15(18)2/h5-6,9-10,12-14,16,23H,3-4,7-8,11H2,1-2H3,(H,26,27)/t16?,23-/m1/s1. The molecule has 0 spiro atoms. The molecule has 3 rings (SSSR count). The number of hydrogen-bond donors (Lipinski definition) is 1. The molecule has 2 aromatic carbocycles. The third-order valence-electron chi connectivity index (χ3n) is 5.31. The predicted molar refractivity (Wildman–Crippen MR) is 109 cm³/mol. The molecule has 1 heterocycles. The molecule has 1 N–H and O–H groups in total. The molecular formula is C23H26F2N2O2. The largest absolute Gasteiger partial charge is 0.294 e. The van der Waals surface area contributed by atoms with E-state index >= 15 is 0 Å². The van der Waals surface area contributed by atoms with Crippen LogP contribution in [0, 0.1) is 24.5 Å². The number of halogens is 2. The molecule has 1 aliphatic rings. The molecule has 0 bridgehead atoms. The zero-order valence-corrected chi connectivity index (χ0v) is 16.8. The van der Waals surface area contributed by atoms with E-state index < -0.39 is 0 Å². The highest BCUT2D eigenvalue weighted by Gasteiger charge is 2.27. The highest BCUT2D eigenvalue weighted by Crippen LogP contribution is 2.25. The predicted octanol–water partition coefficient (Wildman–Crippen LogP) is 5.35. The van der Waals surface area contributed by atoms with Crippen molar-refractivity contribution in [2.45, 2.75) is 52.2 Å². The maximum atomic E-state index is 13.9. The third-order valence-corrected chi connectivity index (χ3v) is 5.31. The van der Waals surface area contributed by atoms with Crippen molar-refractivity contribution in [1.29, 1.82) is 0 Å². The fourth-order valence-corrected chi connectivity index (χ4v) is 3.59. The first-order valence-corrected chi connectivity index (χ1v) is 10.0. The SMILES string of the molecule is CCC(CCCCC(=O)c1ccc(F)cc1C)[C@@H]1N=C(c2ccccc2F)NO1. The number of hydrogen-bond acceptors (Lipinski definition) is 4. The number of aliphatic imine (C=N–C) groups is 1. The van der Waals surface area contributed by atoms with Gasteiger partial charge >= 0.3 is 0 Å². The minimum Gasteiger partial charge on any atom is -0.294 e. The van der Waals surface area contributed by atoms with Crippen molar-refractivity contribution >= 4 is 11.6 Å². The Morgan fingerprint density at radius 2 is 2.00 bits per heavy atom. The van der Waals surface area contributed by atoms with Crippen LogP contribution in [0.25, 0.3) is 0 Å². The number of amidine groups is 1. The second-order valence-corrected chi connectivity index (χ2v) is 7.36. The van der Waals surface area contributed by atoms with E-state index in [1.807, 2.05) is 0 Å². The minimum absolute atomic E-state index is 0.0363. The lowest BCUT2D eigenvalue weighted by atomic mass is 9.95. The summed E-state index contributed by atoms with van der Waals surface area (Å²) < 4.78 is 27.1. The smallest absolute Gasteiger partial charge is 0.180 e. The molecule has 4 nitrogen and oxygen atoms in total. The first-order chi connectivity index (χ1) is 14.0. The molecule has 1 unspecified atom stereocenters. The number of unbranched alkanes of at least 4 members (excludes halogenated alkanes) is 1. The van der Waals surface area contributed by atoms with Crippen molar-refractivity contribution in [3.63, 3.8) is 0 Å². The maximum Gasteiger partial charge on any atom is 0.180 e. The Balaban J connectivity index is 1.51. The van der Waals surface area contributed by atoms with Gasteiger partial charge in [0.05, 0.1) is 5.56 Å². The van der Waals surface area contributed by atoms with Gasteiger partial charge in [-0.3, -0.25) is 4.79 Å². The number of carbonyl (C=O) groups is 1. The molecule has 0 aromatic heterocycles. The fourth-order valence-electron chi connectivity index (χ4n) is 3.59. The first-order valence-electron chi connectivity index (χ1n) is 10.0. The quantitative estimate of drug-likeness (QED) is 0.456. The van der Waals surface area contributed by atoms with Gasteiger partial charge in [0.15, 0.2) is 17.8 Å². The number of nitrogens with one attached hydrogen (secondary N) is 1. The number of rotatable bonds is 9. The van der Waals surface area contributed by atoms with Crippen LogP contribution in [0.5, 0.6) is 0 Å². The van der Waals surface area contributed by atoms with E-state index in [9.17, 15) is 13.6 Å². The number of nitrogens with zero attached hydrogens (tertiary/aromatic N) is 1. The van der Waals surface area contributed by atoms with Gasteiger partial charge in [0.25, 0.3) is 0 Å². The normalized spacial score (nSPS) is 17.0. The van der Waals surface area contributed by atoms with Gasteiger partial charge in [-0.1, -0.05) is 25.5 Å². The van der Waals surface area contributed by atoms with Crippen LogP contribution in [0.3, 0.4) is 0 Å². The molecule has 0 aliphatic carbocycles. The van der Waals surface area contributed by atoms with Gasteiger partial charge in [-0.2, -0.15) is 0 Å². The summed E-state index contributed by atoms with van der Waals surface area (Å²) in [5.41, 5.74) is 4.39.